The molecule has 0 spiro atoms. The lowest BCUT2D eigenvalue weighted by atomic mass is 10.0. The number of methoxy groups -OCH3 is 1. The van der Waals surface area contributed by atoms with Gasteiger partial charge >= 0.3 is 0 Å². The number of rotatable bonds is 4. The molecule has 1 fully saturated rings. The second kappa shape index (κ2) is 4.94. The van der Waals surface area contributed by atoms with Gasteiger partial charge in [0.05, 0.1) is 12.6 Å². The van der Waals surface area contributed by atoms with Crippen molar-refractivity contribution in [2.75, 3.05) is 20.2 Å². The van der Waals surface area contributed by atoms with Gasteiger partial charge in [-0.2, -0.15) is 4.98 Å². The van der Waals surface area contributed by atoms with E-state index in [1.165, 1.54) is 12.8 Å². The van der Waals surface area contributed by atoms with Crippen LogP contribution in [0.5, 0.6) is 5.88 Å². The summed E-state index contributed by atoms with van der Waals surface area (Å²) in [5, 5.41) is 3.39. The third-order valence-electron chi connectivity index (χ3n) is 3.53. The third kappa shape index (κ3) is 2.31. The smallest absolute Gasteiger partial charge is 0.215 e. The summed E-state index contributed by atoms with van der Waals surface area (Å²) in [7, 11) is 1.62. The van der Waals surface area contributed by atoms with Crippen LogP contribution in [-0.2, 0) is 6.42 Å². The Hall–Kier alpha value is -1.62. The maximum Gasteiger partial charge on any atom is 0.215 e. The van der Waals surface area contributed by atoms with E-state index in [2.05, 4.69) is 20.3 Å². The second-order valence-corrected chi connectivity index (χ2v) is 4.81. The Bertz CT molecular complexity index is 531. The Kier molecular flexibility index (Phi) is 3.15. The first kappa shape index (κ1) is 11.5. The number of pyridine rings is 1. The average molecular weight is 246 g/mol. The molecule has 2 N–H and O–H groups in total. The molecule has 2 aromatic rings. The van der Waals surface area contributed by atoms with E-state index in [9.17, 15) is 0 Å². The molecule has 1 aliphatic rings. The number of fused-ring (bicyclic) bond motifs is 1. The Balaban J connectivity index is 1.72. The Morgan fingerprint density at radius 2 is 2.33 bits per heavy atom. The average Bonchev–Trinajstić information content (AvgIpc) is 3.04. The van der Waals surface area contributed by atoms with Crippen molar-refractivity contribution < 1.29 is 4.74 Å². The van der Waals surface area contributed by atoms with Gasteiger partial charge in [0.1, 0.15) is 5.82 Å². The third-order valence-corrected chi connectivity index (χ3v) is 3.53. The molecular weight excluding hydrogens is 228 g/mol. The standard InChI is InChI=1S/C13H18N4O/c1-18-12-5-3-10-13(17-12)16-11(15-10)4-2-9-6-7-14-8-9/h3,5,9,14H,2,4,6-8H2,1H3,(H,15,16,17). The molecule has 1 saturated heterocycles. The van der Waals surface area contributed by atoms with Crippen molar-refractivity contribution in [1.29, 1.82) is 0 Å². The molecule has 18 heavy (non-hydrogen) atoms. The highest BCUT2D eigenvalue weighted by molar-refractivity contribution is 5.71. The monoisotopic (exact) mass is 246 g/mol. The van der Waals surface area contributed by atoms with Crippen molar-refractivity contribution in [2.45, 2.75) is 19.3 Å². The van der Waals surface area contributed by atoms with Gasteiger partial charge in [0.2, 0.25) is 5.88 Å². The summed E-state index contributed by atoms with van der Waals surface area (Å²) in [5.74, 6) is 2.43. The van der Waals surface area contributed by atoms with E-state index >= 15 is 0 Å². The summed E-state index contributed by atoms with van der Waals surface area (Å²) in [4.78, 5) is 12.2. The topological polar surface area (TPSA) is 62.8 Å². The molecule has 0 aliphatic carbocycles. The first-order valence-corrected chi connectivity index (χ1v) is 6.45. The van der Waals surface area contributed by atoms with Crippen molar-refractivity contribution in [2.24, 2.45) is 5.92 Å². The lowest BCUT2D eigenvalue weighted by Gasteiger charge is -2.04. The highest BCUT2D eigenvalue weighted by Gasteiger charge is 2.15. The van der Waals surface area contributed by atoms with E-state index in [-0.39, 0.29) is 0 Å². The minimum absolute atomic E-state index is 0.612. The van der Waals surface area contributed by atoms with Gasteiger partial charge in [0.25, 0.3) is 0 Å². The van der Waals surface area contributed by atoms with Crippen molar-refractivity contribution in [3.63, 3.8) is 0 Å². The van der Waals surface area contributed by atoms with Crippen LogP contribution >= 0.6 is 0 Å². The predicted molar refractivity (Wildman–Crippen MR) is 69.7 cm³/mol. The summed E-state index contributed by atoms with van der Waals surface area (Å²) in [6.45, 7) is 2.30. The Labute approximate surface area is 106 Å². The number of aryl methyl sites for hydroxylation is 1. The highest BCUT2D eigenvalue weighted by Crippen LogP contribution is 2.18. The zero-order chi connectivity index (χ0) is 12.4. The van der Waals surface area contributed by atoms with Crippen LogP contribution in [0.15, 0.2) is 12.1 Å². The molecule has 96 valence electrons. The molecule has 1 atom stereocenters. The maximum absolute atomic E-state index is 5.10. The number of aromatic nitrogens is 3. The second-order valence-electron chi connectivity index (χ2n) is 4.81. The minimum Gasteiger partial charge on any atom is -0.481 e. The van der Waals surface area contributed by atoms with E-state index < -0.39 is 0 Å². The number of nitrogens with one attached hydrogen (secondary N) is 2. The van der Waals surface area contributed by atoms with Crippen LogP contribution in [-0.4, -0.2) is 35.2 Å². The zero-order valence-corrected chi connectivity index (χ0v) is 10.6. The normalized spacial score (nSPS) is 19.5. The van der Waals surface area contributed by atoms with Gasteiger partial charge in [-0.1, -0.05) is 0 Å². The number of hydrogen-bond donors (Lipinski definition) is 2. The molecule has 0 amide bonds. The molecule has 0 aromatic carbocycles. The van der Waals surface area contributed by atoms with Crippen LogP contribution in [0.4, 0.5) is 0 Å². The van der Waals surface area contributed by atoms with Gasteiger partial charge in [-0.05, 0) is 37.9 Å². The quantitative estimate of drug-likeness (QED) is 0.858. The summed E-state index contributed by atoms with van der Waals surface area (Å²) < 4.78 is 5.10. The van der Waals surface area contributed by atoms with Crippen molar-refractivity contribution >= 4 is 11.2 Å². The minimum atomic E-state index is 0.612. The van der Waals surface area contributed by atoms with Crippen LogP contribution in [0.3, 0.4) is 0 Å². The van der Waals surface area contributed by atoms with Gasteiger partial charge < -0.3 is 15.0 Å². The van der Waals surface area contributed by atoms with Gasteiger partial charge in [0.15, 0.2) is 5.65 Å². The number of ether oxygens (including phenoxy) is 1. The molecule has 1 unspecified atom stereocenters. The van der Waals surface area contributed by atoms with Gasteiger partial charge in [-0.15, -0.1) is 0 Å². The SMILES string of the molecule is COc1ccc2[nH]c(CCC3CCNC3)nc2n1. The summed E-state index contributed by atoms with van der Waals surface area (Å²) in [6.07, 6.45) is 3.46. The van der Waals surface area contributed by atoms with Crippen LogP contribution < -0.4 is 10.1 Å². The molecule has 1 aliphatic heterocycles. The summed E-state index contributed by atoms with van der Waals surface area (Å²) in [5.41, 5.74) is 1.73. The number of aromatic amines is 1. The van der Waals surface area contributed by atoms with Gasteiger partial charge in [-0.3, -0.25) is 0 Å². The molecule has 3 rings (SSSR count). The molecular formula is C13H18N4O. The number of H-pyrrole nitrogens is 1. The van der Waals surface area contributed by atoms with E-state index in [0.717, 1.165) is 42.4 Å². The van der Waals surface area contributed by atoms with Crippen LogP contribution in [0.25, 0.3) is 11.2 Å². The largest absolute Gasteiger partial charge is 0.481 e. The molecule has 0 bridgehead atoms. The number of nitrogens with zero attached hydrogens (tertiary/aromatic N) is 2. The first-order valence-electron chi connectivity index (χ1n) is 6.45. The van der Waals surface area contributed by atoms with Crippen molar-refractivity contribution in [1.82, 2.24) is 20.3 Å². The van der Waals surface area contributed by atoms with Crippen LogP contribution in [0.2, 0.25) is 0 Å². The zero-order valence-electron chi connectivity index (χ0n) is 10.6. The molecule has 3 heterocycles. The summed E-state index contributed by atoms with van der Waals surface area (Å²) >= 11 is 0. The summed E-state index contributed by atoms with van der Waals surface area (Å²) in [6, 6.07) is 3.82. The molecule has 2 aromatic heterocycles. The highest BCUT2D eigenvalue weighted by atomic mass is 16.5. The fraction of sp³-hybridized carbons (Fsp3) is 0.538. The number of imidazole rings is 1. The predicted octanol–water partition coefficient (Wildman–Crippen LogP) is 1.51. The Morgan fingerprint density at radius 1 is 1.39 bits per heavy atom. The van der Waals surface area contributed by atoms with Crippen molar-refractivity contribution in [3.05, 3.63) is 18.0 Å². The van der Waals surface area contributed by atoms with E-state index in [1.54, 1.807) is 7.11 Å². The van der Waals surface area contributed by atoms with Crippen LogP contribution in [0.1, 0.15) is 18.7 Å². The van der Waals surface area contributed by atoms with Crippen molar-refractivity contribution in [3.8, 4) is 5.88 Å². The lowest BCUT2D eigenvalue weighted by Crippen LogP contribution is -2.09. The van der Waals surface area contributed by atoms with E-state index in [0.29, 0.717) is 5.88 Å². The van der Waals surface area contributed by atoms with E-state index in [4.69, 9.17) is 4.74 Å². The fourth-order valence-corrected chi connectivity index (χ4v) is 2.46. The molecule has 0 radical (unpaired) electrons. The maximum atomic E-state index is 5.10. The lowest BCUT2D eigenvalue weighted by molar-refractivity contribution is 0.399. The first-order chi connectivity index (χ1) is 8.85. The fourth-order valence-electron chi connectivity index (χ4n) is 2.46. The molecule has 5 heteroatoms. The van der Waals surface area contributed by atoms with Gasteiger partial charge in [0, 0.05) is 12.5 Å². The molecule has 0 saturated carbocycles. The number of hydrogen-bond acceptors (Lipinski definition) is 4. The van der Waals surface area contributed by atoms with E-state index in [1.807, 2.05) is 12.1 Å². The molecule has 5 nitrogen and oxygen atoms in total. The van der Waals surface area contributed by atoms with Crippen LogP contribution in [0, 0.1) is 5.92 Å². The van der Waals surface area contributed by atoms with Gasteiger partial charge in [-0.25, -0.2) is 4.98 Å². The Morgan fingerprint density at radius 3 is 3.11 bits per heavy atom.